The van der Waals surface area contributed by atoms with Gasteiger partial charge in [-0.25, -0.2) is 17.8 Å². The molecule has 26 heavy (non-hydrogen) atoms. The Morgan fingerprint density at radius 1 is 1.15 bits per heavy atom. The molecule has 4 saturated carbocycles. The van der Waals surface area contributed by atoms with Gasteiger partial charge in [-0.15, -0.1) is 0 Å². The molecule has 0 aliphatic heterocycles. The molecular formula is C19H25N3O3S. The fraction of sp³-hybridized carbons (Fsp3) is 0.684. The molecule has 7 heteroatoms. The van der Waals surface area contributed by atoms with Crippen LogP contribution in [0.4, 0.5) is 0 Å². The third-order valence-corrected chi connectivity index (χ3v) is 8.57. The van der Waals surface area contributed by atoms with E-state index in [-0.39, 0.29) is 16.4 Å². The molecule has 4 aliphatic carbocycles. The smallest absolute Gasteiger partial charge is 0.243 e. The van der Waals surface area contributed by atoms with E-state index in [1.165, 1.54) is 38.5 Å². The minimum Gasteiger partial charge on any atom is -0.243 e. The molecule has 1 atom stereocenters. The molecule has 6 nitrogen and oxygen atoms in total. The van der Waals surface area contributed by atoms with Gasteiger partial charge in [0.05, 0.1) is 0 Å². The summed E-state index contributed by atoms with van der Waals surface area (Å²) in [6.07, 6.45) is 8.41. The second-order valence-corrected chi connectivity index (χ2v) is 10.4. The fourth-order valence-electron chi connectivity index (χ4n) is 6.49. The molecule has 4 bridgehead atoms. The van der Waals surface area contributed by atoms with Gasteiger partial charge in [-0.3, -0.25) is 0 Å². The van der Waals surface area contributed by atoms with Crippen molar-refractivity contribution in [3.05, 3.63) is 18.2 Å². The molecule has 6 rings (SSSR count). The summed E-state index contributed by atoms with van der Waals surface area (Å²) in [6.45, 7) is 2.10. The Kier molecular flexibility index (Phi) is 3.70. The van der Waals surface area contributed by atoms with E-state index in [1.54, 1.807) is 18.2 Å². The van der Waals surface area contributed by atoms with Crippen molar-refractivity contribution < 1.29 is 13.0 Å². The number of aromatic nitrogens is 2. The third kappa shape index (κ3) is 2.51. The van der Waals surface area contributed by atoms with Gasteiger partial charge in [-0.05, 0) is 90.6 Å². The van der Waals surface area contributed by atoms with Gasteiger partial charge in [-0.1, -0.05) is 13.0 Å². The van der Waals surface area contributed by atoms with Crippen molar-refractivity contribution in [3.63, 3.8) is 0 Å². The van der Waals surface area contributed by atoms with E-state index in [9.17, 15) is 8.42 Å². The van der Waals surface area contributed by atoms with Gasteiger partial charge in [0.2, 0.25) is 10.0 Å². The Morgan fingerprint density at radius 2 is 1.81 bits per heavy atom. The highest BCUT2D eigenvalue weighted by molar-refractivity contribution is 7.89. The van der Waals surface area contributed by atoms with Crippen LogP contribution in [-0.2, 0) is 10.0 Å². The van der Waals surface area contributed by atoms with Crippen LogP contribution in [0.5, 0.6) is 0 Å². The van der Waals surface area contributed by atoms with E-state index < -0.39 is 10.0 Å². The zero-order valence-electron chi connectivity index (χ0n) is 15.0. The van der Waals surface area contributed by atoms with E-state index in [2.05, 4.69) is 22.0 Å². The molecule has 1 aromatic carbocycles. The molecule has 0 radical (unpaired) electrons. The molecule has 0 amide bonds. The Labute approximate surface area is 153 Å². The summed E-state index contributed by atoms with van der Waals surface area (Å²) in [7, 11) is -3.67. The lowest BCUT2D eigenvalue weighted by Crippen LogP contribution is -2.56. The largest absolute Gasteiger partial charge is 0.243 e. The average Bonchev–Trinajstić information content (AvgIpc) is 3.07. The van der Waals surface area contributed by atoms with Crippen molar-refractivity contribution >= 4 is 21.1 Å². The standard InChI is InChI=1S/C19H25N3O3S/c1-2-17(19-9-12-6-13(10-19)8-14(7-12)11-19)22-26(23,24)16-5-3-4-15-18(16)21-25-20-15/h3-5,12-14,17,22H,2,6-11H2,1H3. The first-order valence-electron chi connectivity index (χ1n) is 9.73. The summed E-state index contributed by atoms with van der Waals surface area (Å²) in [4.78, 5) is 0.166. The summed E-state index contributed by atoms with van der Waals surface area (Å²) >= 11 is 0. The van der Waals surface area contributed by atoms with Gasteiger partial charge >= 0.3 is 0 Å². The van der Waals surface area contributed by atoms with Crippen LogP contribution in [0.3, 0.4) is 0 Å². The second kappa shape index (κ2) is 5.76. The molecule has 1 heterocycles. The summed E-state index contributed by atoms with van der Waals surface area (Å²) in [5.74, 6) is 2.38. The monoisotopic (exact) mass is 375 g/mol. The first-order chi connectivity index (χ1) is 12.5. The summed E-state index contributed by atoms with van der Waals surface area (Å²) in [5.41, 5.74) is 0.906. The van der Waals surface area contributed by atoms with Crippen LogP contribution in [-0.4, -0.2) is 24.8 Å². The van der Waals surface area contributed by atoms with Crippen molar-refractivity contribution in [3.8, 4) is 0 Å². The zero-order chi connectivity index (χ0) is 17.9. The summed E-state index contributed by atoms with van der Waals surface area (Å²) < 4.78 is 34.2. The van der Waals surface area contributed by atoms with E-state index in [4.69, 9.17) is 4.63 Å². The molecule has 1 N–H and O–H groups in total. The van der Waals surface area contributed by atoms with Gasteiger partial charge in [0, 0.05) is 6.04 Å². The van der Waals surface area contributed by atoms with Crippen molar-refractivity contribution in [2.45, 2.75) is 62.8 Å². The molecule has 0 saturated heterocycles. The number of rotatable bonds is 5. The quantitative estimate of drug-likeness (QED) is 0.864. The van der Waals surface area contributed by atoms with Crippen LogP contribution in [0.1, 0.15) is 51.9 Å². The van der Waals surface area contributed by atoms with Gasteiger partial charge in [0.15, 0.2) is 5.52 Å². The van der Waals surface area contributed by atoms with Gasteiger partial charge < -0.3 is 0 Å². The Balaban J connectivity index is 1.48. The van der Waals surface area contributed by atoms with E-state index in [1.807, 2.05) is 0 Å². The highest BCUT2D eigenvalue weighted by Gasteiger charge is 2.54. The third-order valence-electron chi connectivity index (χ3n) is 7.07. The number of hydrogen-bond acceptors (Lipinski definition) is 5. The zero-order valence-corrected chi connectivity index (χ0v) is 15.8. The minimum absolute atomic E-state index is 0.0176. The van der Waals surface area contributed by atoms with Crippen LogP contribution in [0, 0.1) is 23.2 Å². The molecule has 2 aromatic rings. The molecule has 0 spiro atoms. The Bertz CT molecular complexity index is 901. The molecule has 4 fully saturated rings. The van der Waals surface area contributed by atoms with Gasteiger partial charge in [0.1, 0.15) is 10.4 Å². The number of nitrogens with zero attached hydrogens (tertiary/aromatic N) is 2. The molecule has 4 aliphatic rings. The number of benzene rings is 1. The average molecular weight is 375 g/mol. The van der Waals surface area contributed by atoms with E-state index in [0.717, 1.165) is 24.2 Å². The lowest BCUT2D eigenvalue weighted by atomic mass is 9.47. The SMILES string of the molecule is CCC(NS(=O)(=O)c1cccc2nonc12)C12CC3CC(CC(C3)C1)C2. The van der Waals surface area contributed by atoms with Crippen LogP contribution in [0.25, 0.3) is 11.0 Å². The lowest BCUT2D eigenvalue weighted by molar-refractivity contribution is -0.0704. The lowest BCUT2D eigenvalue weighted by Gasteiger charge is -2.59. The predicted molar refractivity (Wildman–Crippen MR) is 96.8 cm³/mol. The van der Waals surface area contributed by atoms with E-state index >= 15 is 0 Å². The topological polar surface area (TPSA) is 85.1 Å². The van der Waals surface area contributed by atoms with E-state index in [0.29, 0.717) is 11.0 Å². The molecule has 140 valence electrons. The van der Waals surface area contributed by atoms with Crippen molar-refractivity contribution in [2.24, 2.45) is 23.2 Å². The van der Waals surface area contributed by atoms with Crippen LogP contribution >= 0.6 is 0 Å². The first kappa shape index (κ1) is 16.7. The predicted octanol–water partition coefficient (Wildman–Crippen LogP) is 3.50. The number of nitrogens with one attached hydrogen (secondary N) is 1. The molecule has 1 aromatic heterocycles. The van der Waals surface area contributed by atoms with Crippen molar-refractivity contribution in [1.82, 2.24) is 15.0 Å². The van der Waals surface area contributed by atoms with Gasteiger partial charge in [0.25, 0.3) is 0 Å². The van der Waals surface area contributed by atoms with Crippen molar-refractivity contribution in [1.29, 1.82) is 0 Å². The van der Waals surface area contributed by atoms with Gasteiger partial charge in [-0.2, -0.15) is 0 Å². The summed E-state index contributed by atoms with van der Waals surface area (Å²) in [5, 5.41) is 7.57. The maximum absolute atomic E-state index is 13.2. The van der Waals surface area contributed by atoms with Crippen LogP contribution in [0.15, 0.2) is 27.7 Å². The number of sulfonamides is 1. The highest BCUT2D eigenvalue weighted by atomic mass is 32.2. The van der Waals surface area contributed by atoms with Crippen LogP contribution < -0.4 is 4.72 Å². The maximum atomic E-state index is 13.2. The minimum atomic E-state index is -3.67. The normalized spacial score (nSPS) is 34.4. The number of hydrogen-bond donors (Lipinski definition) is 1. The Morgan fingerprint density at radius 3 is 2.42 bits per heavy atom. The van der Waals surface area contributed by atoms with Crippen LogP contribution in [0.2, 0.25) is 0 Å². The fourth-order valence-corrected chi connectivity index (χ4v) is 8.07. The summed E-state index contributed by atoms with van der Waals surface area (Å²) in [6, 6.07) is 4.96. The van der Waals surface area contributed by atoms with Crippen molar-refractivity contribution in [2.75, 3.05) is 0 Å². The second-order valence-electron chi connectivity index (χ2n) is 8.75. The highest BCUT2D eigenvalue weighted by Crippen LogP contribution is 2.61. The molecular weight excluding hydrogens is 350 g/mol. The number of fused-ring (bicyclic) bond motifs is 1. The first-order valence-corrected chi connectivity index (χ1v) is 11.2. The maximum Gasteiger partial charge on any atom is 0.243 e. The Hall–Kier alpha value is -1.47. The molecule has 1 unspecified atom stereocenters.